The van der Waals surface area contributed by atoms with Gasteiger partial charge in [0, 0.05) is 65.1 Å². The smallest absolute Gasteiger partial charge is 0.269 e. The predicted molar refractivity (Wildman–Crippen MR) is 190 cm³/mol. The second kappa shape index (κ2) is 14.3. The summed E-state index contributed by atoms with van der Waals surface area (Å²) in [7, 11) is 0.244. The monoisotopic (exact) mass is 658 g/mol. The number of aromatic nitrogens is 4. The average molecular weight is 659 g/mol. The highest BCUT2D eigenvalue weighted by atomic mass is 32.2. The molecule has 0 radical (unpaired) electrons. The zero-order valence-electron chi connectivity index (χ0n) is 26.4. The molecule has 242 valence electrons. The van der Waals surface area contributed by atoms with Crippen molar-refractivity contribution in [3.8, 4) is 11.3 Å². The van der Waals surface area contributed by atoms with Crippen molar-refractivity contribution in [2.75, 3.05) is 43.1 Å². The van der Waals surface area contributed by atoms with Crippen molar-refractivity contribution in [1.29, 1.82) is 0 Å². The molecule has 0 aliphatic rings. The van der Waals surface area contributed by atoms with Gasteiger partial charge in [0.15, 0.2) is 5.65 Å². The molecular formula is C36H34N8O3S. The summed E-state index contributed by atoms with van der Waals surface area (Å²) in [5, 5.41) is 10.2. The van der Waals surface area contributed by atoms with Crippen LogP contribution in [0, 0.1) is 0 Å². The zero-order chi connectivity index (χ0) is 33.5. The fourth-order valence-corrected chi connectivity index (χ4v) is 6.29. The molecule has 0 unspecified atom stereocenters. The van der Waals surface area contributed by atoms with Crippen molar-refractivity contribution in [2.24, 2.45) is 0 Å². The molecule has 0 spiro atoms. The fraction of sp³-hybridized carbons (Fsp3) is 0.111. The molecule has 3 aromatic carbocycles. The molecule has 6 aromatic rings. The van der Waals surface area contributed by atoms with Crippen LogP contribution in [0.5, 0.6) is 0 Å². The van der Waals surface area contributed by atoms with Gasteiger partial charge in [-0.05, 0) is 74.8 Å². The Balaban J connectivity index is 1.13. The molecule has 0 saturated heterocycles. The van der Waals surface area contributed by atoms with Crippen LogP contribution in [0.4, 0.5) is 22.9 Å². The highest BCUT2D eigenvalue weighted by molar-refractivity contribution is 7.90. The van der Waals surface area contributed by atoms with Gasteiger partial charge >= 0.3 is 0 Å². The Kier molecular flexibility index (Phi) is 9.55. The lowest BCUT2D eigenvalue weighted by Gasteiger charge is -2.11. The van der Waals surface area contributed by atoms with E-state index in [9.17, 15) is 13.2 Å². The van der Waals surface area contributed by atoms with Crippen molar-refractivity contribution in [2.45, 2.75) is 4.90 Å². The molecule has 6 rings (SSSR count). The summed E-state index contributed by atoms with van der Waals surface area (Å²) in [5.74, 6) is 0.308. The summed E-state index contributed by atoms with van der Waals surface area (Å²) in [6.07, 6.45) is 8.68. The van der Waals surface area contributed by atoms with E-state index in [0.717, 1.165) is 12.2 Å². The van der Waals surface area contributed by atoms with E-state index >= 15 is 0 Å². The molecule has 3 aromatic heterocycles. The number of amides is 1. The van der Waals surface area contributed by atoms with E-state index in [1.165, 1.54) is 16.5 Å². The van der Waals surface area contributed by atoms with Crippen LogP contribution < -0.4 is 16.0 Å². The number of benzene rings is 3. The zero-order valence-corrected chi connectivity index (χ0v) is 27.2. The standard InChI is InChI=1S/C36H34N8O3S/c1-43(2)18-7-6-17-37-29-11-8-10-27(21-29)36(45)42-31-13-9-12-30(22-31)41-34-23-33(39-25-40-34)28-20-26-16-19-44(35(26)38-24-28)48(46,47)32-14-4-3-5-15-32/h3-16,19-25,37H,17-18H2,1-2H3,(H,42,45)(H,39,40,41)/b7-6+. The van der Waals surface area contributed by atoms with E-state index in [0.29, 0.717) is 51.6 Å². The van der Waals surface area contributed by atoms with Gasteiger partial charge in [0.1, 0.15) is 12.1 Å². The number of likely N-dealkylation sites (N-methyl/N-ethyl adjacent to an activating group) is 1. The lowest BCUT2D eigenvalue weighted by atomic mass is 10.1. The van der Waals surface area contributed by atoms with Gasteiger partial charge in [-0.15, -0.1) is 0 Å². The van der Waals surface area contributed by atoms with E-state index in [1.807, 2.05) is 62.6 Å². The molecule has 0 bridgehead atoms. The third-order valence-electron chi connectivity index (χ3n) is 7.34. The van der Waals surface area contributed by atoms with Crippen LogP contribution in [-0.4, -0.2) is 65.3 Å². The van der Waals surface area contributed by atoms with Crippen LogP contribution in [0.3, 0.4) is 0 Å². The quantitative estimate of drug-likeness (QED) is 0.130. The number of rotatable bonds is 12. The van der Waals surface area contributed by atoms with Crippen molar-refractivity contribution >= 4 is 49.8 Å². The number of hydrogen-bond donors (Lipinski definition) is 3. The summed E-state index contributed by atoms with van der Waals surface area (Å²) in [4.78, 5) is 28.6. The molecular weight excluding hydrogens is 625 g/mol. The Labute approximate surface area is 279 Å². The number of carbonyl (C=O) groups excluding carboxylic acids is 1. The number of carbonyl (C=O) groups is 1. The lowest BCUT2D eigenvalue weighted by Crippen LogP contribution is -2.12. The molecule has 0 fully saturated rings. The maximum absolute atomic E-state index is 13.2. The van der Waals surface area contributed by atoms with E-state index in [1.54, 1.807) is 54.7 Å². The van der Waals surface area contributed by atoms with Gasteiger partial charge in [0.2, 0.25) is 0 Å². The second-order valence-electron chi connectivity index (χ2n) is 11.2. The molecule has 1 amide bonds. The lowest BCUT2D eigenvalue weighted by molar-refractivity contribution is 0.102. The van der Waals surface area contributed by atoms with Gasteiger partial charge in [0.25, 0.3) is 15.9 Å². The van der Waals surface area contributed by atoms with Crippen LogP contribution in [0.2, 0.25) is 0 Å². The van der Waals surface area contributed by atoms with Crippen LogP contribution in [0.25, 0.3) is 22.3 Å². The molecule has 11 nitrogen and oxygen atoms in total. The summed E-state index contributed by atoms with van der Waals surface area (Å²) in [6, 6.07) is 28.3. The molecule has 0 saturated carbocycles. The average Bonchev–Trinajstić information content (AvgIpc) is 3.53. The topological polar surface area (TPSA) is 134 Å². The molecule has 3 N–H and O–H groups in total. The van der Waals surface area contributed by atoms with Crippen molar-refractivity contribution < 1.29 is 13.2 Å². The first-order valence-corrected chi connectivity index (χ1v) is 16.6. The van der Waals surface area contributed by atoms with E-state index in [2.05, 4.69) is 48.0 Å². The third-order valence-corrected chi connectivity index (χ3v) is 9.02. The van der Waals surface area contributed by atoms with Crippen molar-refractivity contribution in [3.63, 3.8) is 0 Å². The van der Waals surface area contributed by atoms with Gasteiger partial charge in [-0.1, -0.05) is 42.5 Å². The molecule has 48 heavy (non-hydrogen) atoms. The Bertz CT molecular complexity index is 2200. The number of pyridine rings is 1. The SMILES string of the molecule is CN(C)C/C=C/CNc1cccc(C(=O)Nc2cccc(Nc3cc(-c4cnc5c(ccn5S(=O)(=O)c5ccccc5)c4)ncn3)c2)c1. The summed E-state index contributed by atoms with van der Waals surface area (Å²) in [5.41, 5.74) is 4.36. The Morgan fingerprint density at radius 3 is 2.46 bits per heavy atom. The number of nitrogens with zero attached hydrogens (tertiary/aromatic N) is 5. The van der Waals surface area contributed by atoms with E-state index in [4.69, 9.17) is 0 Å². The number of anilines is 4. The van der Waals surface area contributed by atoms with Crippen LogP contribution in [0.15, 0.2) is 133 Å². The largest absolute Gasteiger partial charge is 0.382 e. The normalized spacial score (nSPS) is 11.6. The third kappa shape index (κ3) is 7.57. The van der Waals surface area contributed by atoms with Crippen molar-refractivity contribution in [1.82, 2.24) is 23.8 Å². The minimum absolute atomic E-state index is 0.185. The minimum atomic E-state index is -3.79. The van der Waals surface area contributed by atoms with Gasteiger partial charge in [0.05, 0.1) is 10.6 Å². The molecule has 3 heterocycles. The van der Waals surface area contributed by atoms with Crippen molar-refractivity contribution in [3.05, 3.63) is 133 Å². The second-order valence-corrected chi connectivity index (χ2v) is 13.0. The Hall–Kier alpha value is -5.85. The summed E-state index contributed by atoms with van der Waals surface area (Å²) in [6.45, 7) is 1.53. The van der Waals surface area contributed by atoms with Gasteiger partial charge in [-0.2, -0.15) is 0 Å². The van der Waals surface area contributed by atoms with Gasteiger partial charge < -0.3 is 20.9 Å². The number of hydrogen-bond acceptors (Lipinski definition) is 9. The van der Waals surface area contributed by atoms with Crippen LogP contribution in [0.1, 0.15) is 10.4 Å². The van der Waals surface area contributed by atoms with E-state index < -0.39 is 10.0 Å². The first-order valence-electron chi connectivity index (χ1n) is 15.2. The molecule has 0 aliphatic carbocycles. The highest BCUT2D eigenvalue weighted by Gasteiger charge is 2.20. The first kappa shape index (κ1) is 32.1. The maximum atomic E-state index is 13.2. The Morgan fingerprint density at radius 1 is 0.833 bits per heavy atom. The van der Waals surface area contributed by atoms with Crippen LogP contribution >= 0.6 is 0 Å². The number of nitrogens with one attached hydrogen (secondary N) is 3. The maximum Gasteiger partial charge on any atom is 0.269 e. The highest BCUT2D eigenvalue weighted by Crippen LogP contribution is 2.27. The molecule has 0 atom stereocenters. The Morgan fingerprint density at radius 2 is 1.62 bits per heavy atom. The number of fused-ring (bicyclic) bond motifs is 1. The molecule has 0 aliphatic heterocycles. The summed E-state index contributed by atoms with van der Waals surface area (Å²) < 4.78 is 27.6. The fourth-order valence-electron chi connectivity index (χ4n) is 4.97. The van der Waals surface area contributed by atoms with Gasteiger partial charge in [-0.3, -0.25) is 4.79 Å². The first-order chi connectivity index (χ1) is 23.3. The molecule has 12 heteroatoms. The van der Waals surface area contributed by atoms with E-state index in [-0.39, 0.29) is 10.8 Å². The predicted octanol–water partition coefficient (Wildman–Crippen LogP) is 6.26. The van der Waals surface area contributed by atoms with Gasteiger partial charge in [-0.25, -0.2) is 27.3 Å². The van der Waals surface area contributed by atoms with Crippen LogP contribution in [-0.2, 0) is 10.0 Å². The minimum Gasteiger partial charge on any atom is -0.382 e. The summed E-state index contributed by atoms with van der Waals surface area (Å²) >= 11 is 0.